The first-order valence-corrected chi connectivity index (χ1v) is 9.46. The molecule has 2 aromatic rings. The van der Waals surface area contributed by atoms with Gasteiger partial charge < -0.3 is 21.1 Å². The number of anilines is 1. The lowest BCUT2D eigenvalue weighted by Crippen LogP contribution is -2.39. The van der Waals surface area contributed by atoms with E-state index in [-0.39, 0.29) is 30.4 Å². The monoisotopic (exact) mass is 383 g/mol. The standard InChI is InChI=1S/C22H29N3O3/c1-15-4-8-19(9-5-15)25-21(26)14-28-20-10-6-18(7-11-20)12-13-24-22(27)16(2)17(3)23/h4-11,16-17H,12-14,23H2,1-3H3,(H,24,27)(H,25,26). The normalized spacial score (nSPS) is 12.7. The fourth-order valence-electron chi connectivity index (χ4n) is 2.46. The zero-order chi connectivity index (χ0) is 20.5. The Labute approximate surface area is 166 Å². The first-order valence-electron chi connectivity index (χ1n) is 9.46. The lowest BCUT2D eigenvalue weighted by atomic mass is 10.0. The van der Waals surface area contributed by atoms with Gasteiger partial charge in [0.25, 0.3) is 5.91 Å². The highest BCUT2D eigenvalue weighted by molar-refractivity contribution is 5.91. The van der Waals surface area contributed by atoms with Gasteiger partial charge in [-0.2, -0.15) is 0 Å². The molecule has 2 atom stereocenters. The minimum absolute atomic E-state index is 0.0328. The van der Waals surface area contributed by atoms with Crippen LogP contribution >= 0.6 is 0 Å². The summed E-state index contributed by atoms with van der Waals surface area (Å²) < 4.78 is 5.52. The molecule has 0 saturated carbocycles. The highest BCUT2D eigenvalue weighted by Gasteiger charge is 2.16. The molecular weight excluding hydrogens is 354 g/mol. The highest BCUT2D eigenvalue weighted by atomic mass is 16.5. The summed E-state index contributed by atoms with van der Waals surface area (Å²) in [6.45, 7) is 6.13. The van der Waals surface area contributed by atoms with Crippen molar-refractivity contribution < 1.29 is 14.3 Å². The molecule has 0 saturated heterocycles. The second kappa shape index (κ2) is 10.5. The van der Waals surface area contributed by atoms with Crippen LogP contribution in [0.2, 0.25) is 0 Å². The predicted molar refractivity (Wildman–Crippen MR) is 111 cm³/mol. The van der Waals surface area contributed by atoms with Gasteiger partial charge in [-0.15, -0.1) is 0 Å². The predicted octanol–water partition coefficient (Wildman–Crippen LogP) is 2.65. The van der Waals surface area contributed by atoms with E-state index in [1.54, 1.807) is 0 Å². The molecule has 28 heavy (non-hydrogen) atoms. The van der Waals surface area contributed by atoms with Crippen LogP contribution in [0.1, 0.15) is 25.0 Å². The van der Waals surface area contributed by atoms with Crippen molar-refractivity contribution in [1.29, 1.82) is 0 Å². The van der Waals surface area contributed by atoms with E-state index in [1.165, 1.54) is 0 Å². The number of hydrogen-bond acceptors (Lipinski definition) is 4. The number of nitrogens with two attached hydrogens (primary N) is 1. The topological polar surface area (TPSA) is 93.5 Å². The number of hydrogen-bond donors (Lipinski definition) is 3. The van der Waals surface area contributed by atoms with Crippen molar-refractivity contribution in [3.8, 4) is 5.75 Å². The van der Waals surface area contributed by atoms with E-state index in [9.17, 15) is 9.59 Å². The van der Waals surface area contributed by atoms with Crippen LogP contribution in [0.5, 0.6) is 5.75 Å². The van der Waals surface area contributed by atoms with Crippen molar-refractivity contribution in [3.05, 3.63) is 59.7 Å². The van der Waals surface area contributed by atoms with Crippen LogP contribution in [0.4, 0.5) is 5.69 Å². The summed E-state index contributed by atoms with van der Waals surface area (Å²) in [5.74, 6) is 0.174. The van der Waals surface area contributed by atoms with E-state index in [0.29, 0.717) is 18.7 Å². The molecule has 150 valence electrons. The molecule has 0 fully saturated rings. The summed E-state index contributed by atoms with van der Waals surface area (Å²) in [6.07, 6.45) is 0.714. The van der Waals surface area contributed by atoms with Gasteiger partial charge >= 0.3 is 0 Å². The molecule has 6 heteroatoms. The van der Waals surface area contributed by atoms with Crippen LogP contribution in [0.15, 0.2) is 48.5 Å². The quantitative estimate of drug-likeness (QED) is 0.621. The van der Waals surface area contributed by atoms with Crippen LogP contribution in [0.3, 0.4) is 0 Å². The molecule has 2 rings (SSSR count). The Kier molecular flexibility index (Phi) is 8.02. The maximum Gasteiger partial charge on any atom is 0.262 e. The molecule has 4 N–H and O–H groups in total. The smallest absolute Gasteiger partial charge is 0.262 e. The Morgan fingerprint density at radius 2 is 1.68 bits per heavy atom. The third-order valence-electron chi connectivity index (χ3n) is 4.54. The fraction of sp³-hybridized carbons (Fsp3) is 0.364. The average Bonchev–Trinajstić information content (AvgIpc) is 2.68. The molecule has 0 aliphatic rings. The second-order valence-corrected chi connectivity index (χ2v) is 7.04. The van der Waals surface area contributed by atoms with Crippen molar-refractivity contribution in [1.82, 2.24) is 5.32 Å². The lowest BCUT2D eigenvalue weighted by Gasteiger charge is -2.15. The molecule has 0 radical (unpaired) electrons. The van der Waals surface area contributed by atoms with E-state index in [1.807, 2.05) is 69.3 Å². The van der Waals surface area contributed by atoms with Gasteiger partial charge in [0.15, 0.2) is 6.61 Å². The molecular formula is C22H29N3O3. The Morgan fingerprint density at radius 1 is 1.04 bits per heavy atom. The number of amides is 2. The van der Waals surface area contributed by atoms with E-state index < -0.39 is 0 Å². The molecule has 6 nitrogen and oxygen atoms in total. The first kappa shape index (κ1) is 21.4. The number of carbonyl (C=O) groups excluding carboxylic acids is 2. The maximum absolute atomic E-state index is 12.0. The summed E-state index contributed by atoms with van der Waals surface area (Å²) in [7, 11) is 0. The zero-order valence-electron chi connectivity index (χ0n) is 16.7. The van der Waals surface area contributed by atoms with Gasteiger partial charge in [0, 0.05) is 24.2 Å². The van der Waals surface area contributed by atoms with Crippen LogP contribution in [-0.4, -0.2) is 31.0 Å². The van der Waals surface area contributed by atoms with E-state index in [4.69, 9.17) is 10.5 Å². The Hall–Kier alpha value is -2.86. The van der Waals surface area contributed by atoms with Crippen molar-refractivity contribution >= 4 is 17.5 Å². The van der Waals surface area contributed by atoms with Crippen molar-refractivity contribution in [3.63, 3.8) is 0 Å². The van der Waals surface area contributed by atoms with Gasteiger partial charge in [0.05, 0.1) is 0 Å². The van der Waals surface area contributed by atoms with Gasteiger partial charge in [0.2, 0.25) is 5.91 Å². The third kappa shape index (κ3) is 7.04. The number of aryl methyl sites for hydroxylation is 1. The van der Waals surface area contributed by atoms with Crippen LogP contribution < -0.4 is 21.1 Å². The summed E-state index contributed by atoms with van der Waals surface area (Å²) in [6, 6.07) is 14.9. The number of rotatable bonds is 9. The van der Waals surface area contributed by atoms with Gasteiger partial charge in [-0.05, 0) is 50.1 Å². The largest absolute Gasteiger partial charge is 0.484 e. The zero-order valence-corrected chi connectivity index (χ0v) is 16.7. The molecule has 0 heterocycles. The van der Waals surface area contributed by atoms with Crippen LogP contribution in [0.25, 0.3) is 0 Å². The van der Waals surface area contributed by atoms with Gasteiger partial charge in [0.1, 0.15) is 5.75 Å². The Bertz CT molecular complexity index is 771. The maximum atomic E-state index is 12.0. The molecule has 0 spiro atoms. The lowest BCUT2D eigenvalue weighted by molar-refractivity contribution is -0.124. The molecule has 2 aromatic carbocycles. The van der Waals surface area contributed by atoms with E-state index >= 15 is 0 Å². The van der Waals surface area contributed by atoms with Crippen molar-refractivity contribution in [2.45, 2.75) is 33.2 Å². The van der Waals surface area contributed by atoms with Crippen LogP contribution in [0, 0.1) is 12.8 Å². The SMILES string of the molecule is Cc1ccc(NC(=O)COc2ccc(CCNC(=O)C(C)C(C)N)cc2)cc1. The summed E-state index contributed by atoms with van der Waals surface area (Å²) >= 11 is 0. The molecule has 0 aromatic heterocycles. The number of benzene rings is 2. The molecule has 0 bridgehead atoms. The Morgan fingerprint density at radius 3 is 2.29 bits per heavy atom. The first-order chi connectivity index (χ1) is 13.3. The minimum atomic E-state index is -0.209. The summed E-state index contributed by atoms with van der Waals surface area (Å²) in [5, 5.41) is 5.68. The van der Waals surface area contributed by atoms with Gasteiger partial charge in [-0.3, -0.25) is 9.59 Å². The molecule has 0 aliphatic carbocycles. The number of carbonyl (C=O) groups is 2. The summed E-state index contributed by atoms with van der Waals surface area (Å²) in [5.41, 5.74) is 8.69. The van der Waals surface area contributed by atoms with Gasteiger partial charge in [-0.25, -0.2) is 0 Å². The molecule has 2 amide bonds. The number of ether oxygens (including phenoxy) is 1. The Balaban J connectivity index is 1.72. The van der Waals surface area contributed by atoms with E-state index in [2.05, 4.69) is 10.6 Å². The minimum Gasteiger partial charge on any atom is -0.484 e. The fourth-order valence-corrected chi connectivity index (χ4v) is 2.46. The highest BCUT2D eigenvalue weighted by Crippen LogP contribution is 2.13. The van der Waals surface area contributed by atoms with Crippen molar-refractivity contribution in [2.75, 3.05) is 18.5 Å². The van der Waals surface area contributed by atoms with Crippen molar-refractivity contribution in [2.24, 2.45) is 11.7 Å². The molecule has 2 unspecified atom stereocenters. The second-order valence-electron chi connectivity index (χ2n) is 7.04. The average molecular weight is 383 g/mol. The summed E-state index contributed by atoms with van der Waals surface area (Å²) in [4.78, 5) is 23.8. The van der Waals surface area contributed by atoms with E-state index in [0.717, 1.165) is 16.8 Å². The molecule has 0 aliphatic heterocycles. The third-order valence-corrected chi connectivity index (χ3v) is 4.54. The van der Waals surface area contributed by atoms with Crippen LogP contribution in [-0.2, 0) is 16.0 Å². The van der Waals surface area contributed by atoms with Gasteiger partial charge in [-0.1, -0.05) is 36.8 Å². The number of nitrogens with one attached hydrogen (secondary N) is 2.